The molecule has 20 heavy (non-hydrogen) atoms. The van der Waals surface area contributed by atoms with Gasteiger partial charge in [-0.05, 0) is 44.2 Å². The standard InChI is InChI=1S/C17H35NOSi/c1-5-7-11-15(6-2)17(18,14-19-20(3)4)16-12-9-8-10-13-16/h6,15-16,20H,2,5,7-14,18H2,1,3-4H3. The molecule has 1 aliphatic rings. The maximum Gasteiger partial charge on any atom is 0.170 e. The van der Waals surface area contributed by atoms with Gasteiger partial charge < -0.3 is 10.2 Å². The number of rotatable bonds is 9. The molecule has 0 spiro atoms. The lowest BCUT2D eigenvalue weighted by Gasteiger charge is -2.44. The van der Waals surface area contributed by atoms with Crippen LogP contribution in [0.4, 0.5) is 0 Å². The van der Waals surface area contributed by atoms with Crippen molar-refractivity contribution in [3.05, 3.63) is 12.7 Å². The molecule has 0 bridgehead atoms. The average Bonchev–Trinajstić information content (AvgIpc) is 2.46. The fraction of sp³-hybridized carbons (Fsp3) is 0.882. The van der Waals surface area contributed by atoms with Crippen molar-refractivity contribution in [3.63, 3.8) is 0 Å². The van der Waals surface area contributed by atoms with Gasteiger partial charge >= 0.3 is 0 Å². The maximum absolute atomic E-state index is 6.94. The monoisotopic (exact) mass is 297 g/mol. The summed E-state index contributed by atoms with van der Waals surface area (Å²) in [5, 5.41) is 0. The summed E-state index contributed by atoms with van der Waals surface area (Å²) in [5.74, 6) is 1.02. The predicted octanol–water partition coefficient (Wildman–Crippen LogP) is 4.26. The van der Waals surface area contributed by atoms with Crippen LogP contribution in [0.5, 0.6) is 0 Å². The normalized spacial score (nSPS) is 21.6. The third kappa shape index (κ3) is 5.01. The van der Waals surface area contributed by atoms with Crippen molar-refractivity contribution in [2.75, 3.05) is 6.61 Å². The van der Waals surface area contributed by atoms with Crippen molar-refractivity contribution in [3.8, 4) is 0 Å². The van der Waals surface area contributed by atoms with Gasteiger partial charge in [0.25, 0.3) is 0 Å². The van der Waals surface area contributed by atoms with E-state index in [-0.39, 0.29) is 5.54 Å². The molecule has 0 heterocycles. The Morgan fingerprint density at radius 3 is 2.50 bits per heavy atom. The number of hydrogen-bond donors (Lipinski definition) is 1. The fourth-order valence-electron chi connectivity index (χ4n) is 3.51. The van der Waals surface area contributed by atoms with E-state index in [1.807, 2.05) is 0 Å². The molecular formula is C17H35NOSi. The zero-order valence-electron chi connectivity index (χ0n) is 13.9. The minimum atomic E-state index is -1.02. The van der Waals surface area contributed by atoms with Crippen molar-refractivity contribution in [1.29, 1.82) is 0 Å². The van der Waals surface area contributed by atoms with Gasteiger partial charge in [0.15, 0.2) is 9.04 Å². The summed E-state index contributed by atoms with van der Waals surface area (Å²) in [4.78, 5) is 0. The lowest BCUT2D eigenvalue weighted by molar-refractivity contribution is 0.0876. The zero-order valence-corrected chi connectivity index (χ0v) is 15.0. The average molecular weight is 298 g/mol. The van der Waals surface area contributed by atoms with Crippen molar-refractivity contribution in [1.82, 2.24) is 0 Å². The van der Waals surface area contributed by atoms with Gasteiger partial charge in [-0.3, -0.25) is 0 Å². The first-order valence-corrected chi connectivity index (χ1v) is 11.4. The van der Waals surface area contributed by atoms with Crippen molar-refractivity contribution >= 4 is 9.04 Å². The summed E-state index contributed by atoms with van der Waals surface area (Å²) >= 11 is 0. The smallest absolute Gasteiger partial charge is 0.170 e. The van der Waals surface area contributed by atoms with E-state index in [1.165, 1.54) is 44.9 Å². The van der Waals surface area contributed by atoms with E-state index in [0.717, 1.165) is 13.0 Å². The van der Waals surface area contributed by atoms with Gasteiger partial charge in [-0.15, -0.1) is 6.58 Å². The van der Waals surface area contributed by atoms with E-state index in [4.69, 9.17) is 10.2 Å². The fourth-order valence-corrected chi connectivity index (χ4v) is 4.13. The third-order valence-corrected chi connectivity index (χ3v) is 5.71. The molecule has 2 atom stereocenters. The van der Waals surface area contributed by atoms with Gasteiger partial charge in [-0.2, -0.15) is 0 Å². The summed E-state index contributed by atoms with van der Waals surface area (Å²) in [7, 11) is -1.02. The molecule has 0 aromatic rings. The molecule has 1 fully saturated rings. The molecule has 118 valence electrons. The molecule has 1 rings (SSSR count). The Morgan fingerprint density at radius 1 is 1.35 bits per heavy atom. The summed E-state index contributed by atoms with van der Waals surface area (Å²) in [6, 6.07) is 0. The third-order valence-electron chi connectivity index (χ3n) is 4.88. The van der Waals surface area contributed by atoms with Gasteiger partial charge in [0.05, 0.1) is 6.61 Å². The molecule has 0 saturated heterocycles. The summed E-state index contributed by atoms with van der Waals surface area (Å²) in [5.41, 5.74) is 6.76. The van der Waals surface area contributed by atoms with Crippen LogP contribution in [-0.2, 0) is 4.43 Å². The maximum atomic E-state index is 6.94. The Morgan fingerprint density at radius 2 is 2.00 bits per heavy atom. The Kier molecular flexibility index (Phi) is 8.08. The second-order valence-electron chi connectivity index (χ2n) is 6.79. The topological polar surface area (TPSA) is 35.2 Å². The van der Waals surface area contributed by atoms with Crippen LogP contribution in [0.1, 0.15) is 58.3 Å². The number of unbranched alkanes of at least 4 members (excludes halogenated alkanes) is 1. The molecule has 0 aromatic heterocycles. The van der Waals surface area contributed by atoms with Gasteiger partial charge in [0, 0.05) is 5.54 Å². The molecule has 1 saturated carbocycles. The SMILES string of the molecule is C=CC(CCCC)C(N)(CO[SiH](C)C)C1CCCCC1. The Bertz CT molecular complexity index is 276. The van der Waals surface area contributed by atoms with Gasteiger partial charge in [0.2, 0.25) is 0 Å². The van der Waals surface area contributed by atoms with Crippen LogP contribution >= 0.6 is 0 Å². The molecule has 2 N–H and O–H groups in total. The molecule has 0 radical (unpaired) electrons. The first-order chi connectivity index (χ1) is 9.54. The second kappa shape index (κ2) is 9.01. The van der Waals surface area contributed by atoms with E-state index in [2.05, 4.69) is 32.7 Å². The molecule has 0 amide bonds. The quantitative estimate of drug-likeness (QED) is 0.510. The van der Waals surface area contributed by atoms with Crippen molar-refractivity contribution in [2.45, 2.75) is 76.9 Å². The largest absolute Gasteiger partial charge is 0.419 e. The zero-order chi connectivity index (χ0) is 15.0. The number of hydrogen-bond acceptors (Lipinski definition) is 2. The van der Waals surface area contributed by atoms with Crippen molar-refractivity contribution < 1.29 is 4.43 Å². The highest BCUT2D eigenvalue weighted by Crippen LogP contribution is 2.38. The highest BCUT2D eigenvalue weighted by atomic mass is 28.3. The van der Waals surface area contributed by atoms with Crippen LogP contribution in [0.2, 0.25) is 13.1 Å². The Labute approximate surface area is 127 Å². The first-order valence-electron chi connectivity index (χ1n) is 8.57. The Balaban J connectivity index is 2.81. The van der Waals surface area contributed by atoms with Gasteiger partial charge in [0.1, 0.15) is 0 Å². The molecule has 3 heteroatoms. The minimum absolute atomic E-state index is 0.186. The van der Waals surface area contributed by atoms with Gasteiger partial charge in [-0.1, -0.05) is 45.1 Å². The van der Waals surface area contributed by atoms with E-state index in [0.29, 0.717) is 11.8 Å². The van der Waals surface area contributed by atoms with Crippen molar-refractivity contribution in [2.24, 2.45) is 17.6 Å². The lowest BCUT2D eigenvalue weighted by Crippen LogP contribution is -2.57. The molecule has 1 aliphatic carbocycles. The second-order valence-corrected chi connectivity index (χ2v) is 9.22. The van der Waals surface area contributed by atoms with Crippen LogP contribution in [0.25, 0.3) is 0 Å². The van der Waals surface area contributed by atoms with Crippen LogP contribution < -0.4 is 5.73 Å². The van der Waals surface area contributed by atoms with Crippen LogP contribution in [0.3, 0.4) is 0 Å². The molecule has 2 unspecified atom stereocenters. The summed E-state index contributed by atoms with van der Waals surface area (Å²) < 4.78 is 6.09. The van der Waals surface area contributed by atoms with E-state index < -0.39 is 9.04 Å². The predicted molar refractivity (Wildman–Crippen MR) is 91.5 cm³/mol. The summed E-state index contributed by atoms with van der Waals surface area (Å²) in [6.45, 7) is 11.5. The molecule has 0 aliphatic heterocycles. The van der Waals surface area contributed by atoms with E-state index in [1.54, 1.807) is 0 Å². The van der Waals surface area contributed by atoms with Gasteiger partial charge in [-0.25, -0.2) is 0 Å². The number of nitrogens with two attached hydrogens (primary N) is 1. The minimum Gasteiger partial charge on any atom is -0.419 e. The van der Waals surface area contributed by atoms with Crippen LogP contribution in [-0.4, -0.2) is 21.2 Å². The Hall–Kier alpha value is -0.123. The first kappa shape index (κ1) is 17.9. The summed E-state index contributed by atoms with van der Waals surface area (Å²) in [6.07, 6.45) is 12.3. The van der Waals surface area contributed by atoms with Crippen LogP contribution in [0.15, 0.2) is 12.7 Å². The highest BCUT2D eigenvalue weighted by molar-refractivity contribution is 6.48. The van der Waals surface area contributed by atoms with Crippen LogP contribution in [0, 0.1) is 11.8 Å². The molecule has 2 nitrogen and oxygen atoms in total. The molecular weight excluding hydrogens is 262 g/mol. The lowest BCUT2D eigenvalue weighted by atomic mass is 9.68. The van der Waals surface area contributed by atoms with E-state index >= 15 is 0 Å². The van der Waals surface area contributed by atoms with E-state index in [9.17, 15) is 0 Å². The molecule has 0 aromatic carbocycles. The highest BCUT2D eigenvalue weighted by Gasteiger charge is 2.41.